The third-order valence-electron chi connectivity index (χ3n) is 3.99. The van der Waals surface area contributed by atoms with Crippen LogP contribution in [0.4, 0.5) is 11.5 Å². The van der Waals surface area contributed by atoms with E-state index in [2.05, 4.69) is 15.5 Å². The molecule has 0 saturated heterocycles. The number of aliphatic hydroxyl groups excluding tert-OH is 1. The molecule has 4 rings (SSSR count). The molecule has 0 saturated carbocycles. The van der Waals surface area contributed by atoms with Gasteiger partial charge in [0.2, 0.25) is 0 Å². The van der Waals surface area contributed by atoms with Gasteiger partial charge in [-0.1, -0.05) is 12.1 Å². The SMILES string of the molecule is COc1ccc2nc(Nc3ccc(CO)cc3)c3n[nH]cc3c2c1. The maximum atomic E-state index is 9.14. The van der Waals surface area contributed by atoms with Gasteiger partial charge in [-0.3, -0.25) is 5.10 Å². The Hall–Kier alpha value is -3.12. The summed E-state index contributed by atoms with van der Waals surface area (Å²) in [5.41, 5.74) is 3.38. The number of ether oxygens (including phenoxy) is 1. The molecule has 2 heterocycles. The maximum Gasteiger partial charge on any atom is 0.159 e. The molecule has 0 aliphatic heterocycles. The van der Waals surface area contributed by atoms with Crippen LogP contribution < -0.4 is 10.1 Å². The minimum atomic E-state index is 0.0277. The summed E-state index contributed by atoms with van der Waals surface area (Å²) in [6, 6.07) is 13.3. The van der Waals surface area contributed by atoms with Gasteiger partial charge in [0.15, 0.2) is 5.82 Å². The van der Waals surface area contributed by atoms with Crippen LogP contribution in [0.25, 0.3) is 21.8 Å². The highest BCUT2D eigenvalue weighted by Gasteiger charge is 2.12. The van der Waals surface area contributed by atoms with Crippen molar-refractivity contribution in [3.63, 3.8) is 0 Å². The van der Waals surface area contributed by atoms with Crippen molar-refractivity contribution in [2.45, 2.75) is 6.61 Å². The average Bonchev–Trinajstić information content (AvgIpc) is 3.12. The first-order valence-electron chi connectivity index (χ1n) is 7.56. The molecule has 0 aliphatic rings. The van der Waals surface area contributed by atoms with Gasteiger partial charge < -0.3 is 15.2 Å². The summed E-state index contributed by atoms with van der Waals surface area (Å²) in [5.74, 6) is 1.47. The van der Waals surface area contributed by atoms with Crippen LogP contribution in [-0.4, -0.2) is 27.4 Å². The van der Waals surface area contributed by atoms with E-state index in [9.17, 15) is 0 Å². The van der Waals surface area contributed by atoms with Gasteiger partial charge in [-0.2, -0.15) is 5.10 Å². The quantitative estimate of drug-likeness (QED) is 0.537. The summed E-state index contributed by atoms with van der Waals surface area (Å²) >= 11 is 0. The van der Waals surface area contributed by atoms with Crippen LogP contribution in [0.5, 0.6) is 5.75 Å². The second-order valence-electron chi connectivity index (χ2n) is 5.47. The molecular formula is C18H16N4O2. The molecule has 0 radical (unpaired) electrons. The van der Waals surface area contributed by atoms with Gasteiger partial charge in [-0.15, -0.1) is 0 Å². The molecule has 0 fully saturated rings. The third kappa shape index (κ3) is 2.43. The molecule has 24 heavy (non-hydrogen) atoms. The number of aliphatic hydroxyl groups is 1. The van der Waals surface area contributed by atoms with Gasteiger partial charge in [0, 0.05) is 22.7 Å². The van der Waals surface area contributed by atoms with Crippen LogP contribution in [0.2, 0.25) is 0 Å². The molecule has 2 aromatic carbocycles. The zero-order chi connectivity index (χ0) is 16.5. The number of fused-ring (bicyclic) bond motifs is 3. The molecule has 0 bridgehead atoms. The van der Waals surface area contributed by atoms with E-state index in [-0.39, 0.29) is 6.61 Å². The molecule has 0 atom stereocenters. The maximum absolute atomic E-state index is 9.14. The molecule has 0 spiro atoms. The first-order chi connectivity index (χ1) is 11.8. The Morgan fingerprint density at radius 3 is 2.71 bits per heavy atom. The normalized spacial score (nSPS) is 11.1. The summed E-state index contributed by atoms with van der Waals surface area (Å²) in [7, 11) is 1.65. The monoisotopic (exact) mass is 320 g/mol. The molecule has 6 nitrogen and oxygen atoms in total. The standard InChI is InChI=1S/C18H16N4O2/c1-24-13-6-7-16-14(8-13)15-9-19-22-17(15)18(21-16)20-12-4-2-11(10-23)3-5-12/h2-9,23H,10H2,1H3,(H,19,22)(H,20,21). The second kappa shape index (κ2) is 5.82. The van der Waals surface area contributed by atoms with Crippen molar-refractivity contribution in [1.29, 1.82) is 0 Å². The highest BCUT2D eigenvalue weighted by molar-refractivity contribution is 6.09. The second-order valence-corrected chi connectivity index (χ2v) is 5.47. The van der Waals surface area contributed by atoms with Crippen LogP contribution >= 0.6 is 0 Å². The van der Waals surface area contributed by atoms with Crippen LogP contribution in [0.15, 0.2) is 48.7 Å². The molecule has 4 aromatic rings. The van der Waals surface area contributed by atoms with E-state index in [1.165, 1.54) is 0 Å². The zero-order valence-corrected chi connectivity index (χ0v) is 13.1. The Bertz CT molecular complexity index is 1010. The number of methoxy groups -OCH3 is 1. The molecule has 2 aromatic heterocycles. The van der Waals surface area contributed by atoms with Gasteiger partial charge in [0.25, 0.3) is 0 Å². The lowest BCUT2D eigenvalue weighted by atomic mass is 10.1. The Balaban J connectivity index is 1.83. The Morgan fingerprint density at radius 1 is 1.12 bits per heavy atom. The van der Waals surface area contributed by atoms with Crippen molar-refractivity contribution in [1.82, 2.24) is 15.2 Å². The number of H-pyrrole nitrogens is 1. The van der Waals surface area contributed by atoms with Crippen molar-refractivity contribution in [2.75, 3.05) is 12.4 Å². The summed E-state index contributed by atoms with van der Waals surface area (Å²) in [5, 5.41) is 21.6. The number of benzene rings is 2. The molecule has 0 unspecified atom stereocenters. The first kappa shape index (κ1) is 14.5. The van der Waals surface area contributed by atoms with Crippen molar-refractivity contribution in [2.24, 2.45) is 0 Å². The number of pyridine rings is 1. The van der Waals surface area contributed by atoms with E-state index in [4.69, 9.17) is 14.8 Å². The number of nitrogens with one attached hydrogen (secondary N) is 2. The number of hydrogen-bond donors (Lipinski definition) is 3. The highest BCUT2D eigenvalue weighted by atomic mass is 16.5. The first-order valence-corrected chi connectivity index (χ1v) is 7.56. The van der Waals surface area contributed by atoms with Gasteiger partial charge in [0.1, 0.15) is 11.3 Å². The third-order valence-corrected chi connectivity index (χ3v) is 3.99. The topological polar surface area (TPSA) is 83.1 Å². The number of rotatable bonds is 4. The Morgan fingerprint density at radius 2 is 1.96 bits per heavy atom. The summed E-state index contributed by atoms with van der Waals surface area (Å²) < 4.78 is 5.30. The van der Waals surface area contributed by atoms with Gasteiger partial charge in [0.05, 0.1) is 19.2 Å². The lowest BCUT2D eigenvalue weighted by Crippen LogP contribution is -1.96. The molecule has 0 amide bonds. The zero-order valence-electron chi connectivity index (χ0n) is 13.1. The lowest BCUT2D eigenvalue weighted by molar-refractivity contribution is 0.282. The molecule has 120 valence electrons. The van der Waals surface area contributed by atoms with Gasteiger partial charge >= 0.3 is 0 Å². The van der Waals surface area contributed by atoms with Crippen molar-refractivity contribution in [3.8, 4) is 5.75 Å². The Kier molecular flexibility index (Phi) is 3.51. The average molecular weight is 320 g/mol. The van der Waals surface area contributed by atoms with Crippen molar-refractivity contribution in [3.05, 3.63) is 54.2 Å². The number of anilines is 2. The van der Waals surface area contributed by atoms with E-state index >= 15 is 0 Å². The van der Waals surface area contributed by atoms with E-state index in [1.54, 1.807) is 7.11 Å². The summed E-state index contributed by atoms with van der Waals surface area (Å²) in [6.07, 6.45) is 1.86. The predicted molar refractivity (Wildman–Crippen MR) is 93.6 cm³/mol. The van der Waals surface area contributed by atoms with Crippen LogP contribution in [0, 0.1) is 0 Å². The lowest BCUT2D eigenvalue weighted by Gasteiger charge is -2.09. The molecule has 0 aliphatic carbocycles. The smallest absolute Gasteiger partial charge is 0.159 e. The van der Waals surface area contributed by atoms with Crippen LogP contribution in [-0.2, 0) is 6.61 Å². The fraction of sp³-hybridized carbons (Fsp3) is 0.111. The largest absolute Gasteiger partial charge is 0.497 e. The van der Waals surface area contributed by atoms with Gasteiger partial charge in [-0.05, 0) is 35.9 Å². The van der Waals surface area contributed by atoms with E-state index in [1.807, 2.05) is 48.7 Å². The van der Waals surface area contributed by atoms with Gasteiger partial charge in [-0.25, -0.2) is 4.98 Å². The molecular weight excluding hydrogens is 304 g/mol. The van der Waals surface area contributed by atoms with E-state index < -0.39 is 0 Å². The van der Waals surface area contributed by atoms with Crippen LogP contribution in [0.3, 0.4) is 0 Å². The predicted octanol–water partition coefficient (Wildman–Crippen LogP) is 3.36. The number of nitrogens with zero attached hydrogens (tertiary/aromatic N) is 2. The number of aromatic amines is 1. The molecule has 3 N–H and O–H groups in total. The van der Waals surface area contributed by atoms with Crippen molar-refractivity contribution < 1.29 is 9.84 Å². The summed E-state index contributed by atoms with van der Waals surface area (Å²) in [6.45, 7) is 0.0277. The fourth-order valence-electron chi connectivity index (χ4n) is 2.72. The molecule has 6 heteroatoms. The van der Waals surface area contributed by atoms with E-state index in [0.29, 0.717) is 5.82 Å². The minimum Gasteiger partial charge on any atom is -0.497 e. The van der Waals surface area contributed by atoms with Crippen molar-refractivity contribution >= 4 is 33.3 Å². The Labute approximate surface area is 138 Å². The van der Waals surface area contributed by atoms with E-state index in [0.717, 1.165) is 38.8 Å². The fourth-order valence-corrected chi connectivity index (χ4v) is 2.72. The highest BCUT2D eigenvalue weighted by Crippen LogP contribution is 2.31. The summed E-state index contributed by atoms with van der Waals surface area (Å²) in [4.78, 5) is 4.69. The number of hydrogen-bond acceptors (Lipinski definition) is 5. The number of aromatic nitrogens is 3. The minimum absolute atomic E-state index is 0.0277. The van der Waals surface area contributed by atoms with Crippen LogP contribution in [0.1, 0.15) is 5.56 Å².